The fourth-order valence-electron chi connectivity index (χ4n) is 0.745. The van der Waals surface area contributed by atoms with Crippen LogP contribution in [0.5, 0.6) is 0 Å². The van der Waals surface area contributed by atoms with E-state index < -0.39 is 0 Å². The van der Waals surface area contributed by atoms with Crippen molar-refractivity contribution >= 4 is 11.8 Å². The molecule has 0 bridgehead atoms. The summed E-state index contributed by atoms with van der Waals surface area (Å²) < 4.78 is 0. The molecule has 1 rings (SSSR count). The van der Waals surface area contributed by atoms with Crippen LogP contribution in [0.15, 0.2) is 22.0 Å². The Hall–Kier alpha value is -0.700. The molecule has 3 heteroatoms. The van der Waals surface area contributed by atoms with Crippen molar-refractivity contribution in [1.82, 2.24) is 4.98 Å². The normalized spacial score (nSPS) is 9.80. The molecule has 54 valence electrons. The molecule has 0 atom stereocenters. The van der Waals surface area contributed by atoms with E-state index in [1.54, 1.807) is 24.0 Å². The van der Waals surface area contributed by atoms with Gasteiger partial charge in [-0.2, -0.15) is 0 Å². The molecule has 1 aromatic heterocycles. The quantitative estimate of drug-likeness (QED) is 0.622. The average Bonchev–Trinajstić information content (AvgIpc) is 1.94. The van der Waals surface area contributed by atoms with Gasteiger partial charge in [-0.3, -0.25) is 4.79 Å². The Morgan fingerprint density at radius 1 is 1.60 bits per heavy atom. The molecule has 1 aromatic rings. The number of pyridine rings is 1. The second-order valence-electron chi connectivity index (χ2n) is 2.05. The van der Waals surface area contributed by atoms with Crippen LogP contribution >= 0.6 is 11.8 Å². The van der Waals surface area contributed by atoms with Crippen molar-refractivity contribution in [3.05, 3.63) is 28.2 Å². The zero-order valence-electron chi connectivity index (χ0n) is 5.97. The SMILES string of the molecule is CSc1cc(=O)[nH]cc1C. The van der Waals surface area contributed by atoms with Crippen molar-refractivity contribution < 1.29 is 0 Å². The molecule has 0 aromatic carbocycles. The van der Waals surface area contributed by atoms with Gasteiger partial charge in [-0.05, 0) is 18.7 Å². The number of aromatic nitrogens is 1. The number of hydrogen-bond donors (Lipinski definition) is 1. The number of aryl methyl sites for hydroxylation is 1. The molecule has 0 saturated heterocycles. The minimum atomic E-state index is -0.0325. The largest absolute Gasteiger partial charge is 0.329 e. The number of rotatable bonds is 1. The average molecular weight is 155 g/mol. The van der Waals surface area contributed by atoms with Crippen LogP contribution in [-0.4, -0.2) is 11.2 Å². The van der Waals surface area contributed by atoms with E-state index in [0.29, 0.717) is 0 Å². The monoisotopic (exact) mass is 155 g/mol. The van der Waals surface area contributed by atoms with Gasteiger partial charge in [0.15, 0.2) is 0 Å². The molecule has 0 amide bonds. The van der Waals surface area contributed by atoms with Gasteiger partial charge in [-0.25, -0.2) is 0 Å². The molecule has 0 aliphatic rings. The second-order valence-corrected chi connectivity index (χ2v) is 2.90. The summed E-state index contributed by atoms with van der Waals surface area (Å²) in [5.41, 5.74) is 1.09. The van der Waals surface area contributed by atoms with E-state index in [9.17, 15) is 4.79 Å². The molecule has 1 N–H and O–H groups in total. The molecule has 10 heavy (non-hydrogen) atoms. The Kier molecular flexibility index (Phi) is 2.17. The summed E-state index contributed by atoms with van der Waals surface area (Å²) in [6.45, 7) is 1.97. The summed E-state index contributed by atoms with van der Waals surface area (Å²) in [5, 5.41) is 0. The van der Waals surface area contributed by atoms with E-state index in [1.807, 2.05) is 13.2 Å². The summed E-state index contributed by atoms with van der Waals surface area (Å²) in [5.74, 6) is 0. The van der Waals surface area contributed by atoms with Gasteiger partial charge >= 0.3 is 0 Å². The van der Waals surface area contributed by atoms with Crippen molar-refractivity contribution in [1.29, 1.82) is 0 Å². The van der Waals surface area contributed by atoms with E-state index in [0.717, 1.165) is 10.5 Å². The highest BCUT2D eigenvalue weighted by Gasteiger charge is 1.94. The third kappa shape index (κ3) is 1.42. The minimum absolute atomic E-state index is 0.0325. The lowest BCUT2D eigenvalue weighted by molar-refractivity contribution is 1.13. The predicted molar refractivity (Wildman–Crippen MR) is 43.6 cm³/mol. The topological polar surface area (TPSA) is 32.9 Å². The van der Waals surface area contributed by atoms with Crippen molar-refractivity contribution in [2.75, 3.05) is 6.26 Å². The highest BCUT2D eigenvalue weighted by molar-refractivity contribution is 7.98. The predicted octanol–water partition coefficient (Wildman–Crippen LogP) is 1.41. The van der Waals surface area contributed by atoms with Gasteiger partial charge in [0.05, 0.1) is 0 Å². The number of H-pyrrole nitrogens is 1. The summed E-state index contributed by atoms with van der Waals surface area (Å²) >= 11 is 1.59. The lowest BCUT2D eigenvalue weighted by Gasteiger charge is -1.97. The summed E-state index contributed by atoms with van der Waals surface area (Å²) in [6, 6.07) is 1.61. The van der Waals surface area contributed by atoms with Crippen molar-refractivity contribution in [3.8, 4) is 0 Å². The van der Waals surface area contributed by atoms with Gasteiger partial charge in [0, 0.05) is 17.2 Å². The highest BCUT2D eigenvalue weighted by atomic mass is 32.2. The Morgan fingerprint density at radius 2 is 2.30 bits per heavy atom. The van der Waals surface area contributed by atoms with Crippen LogP contribution in [0.2, 0.25) is 0 Å². The zero-order valence-corrected chi connectivity index (χ0v) is 6.79. The molecule has 0 spiro atoms. The first kappa shape index (κ1) is 7.41. The van der Waals surface area contributed by atoms with E-state index in [-0.39, 0.29) is 5.56 Å². The molecule has 0 aliphatic heterocycles. The first-order chi connectivity index (χ1) is 4.74. The first-order valence-electron chi connectivity index (χ1n) is 2.97. The lowest BCUT2D eigenvalue weighted by Crippen LogP contribution is -2.03. The third-order valence-electron chi connectivity index (χ3n) is 1.30. The standard InChI is InChI=1S/C7H9NOS/c1-5-4-8-7(9)3-6(5)10-2/h3-4H,1-2H3,(H,8,9). The van der Waals surface area contributed by atoms with E-state index in [4.69, 9.17) is 0 Å². The number of nitrogens with one attached hydrogen (secondary N) is 1. The van der Waals surface area contributed by atoms with Crippen molar-refractivity contribution in [2.45, 2.75) is 11.8 Å². The van der Waals surface area contributed by atoms with Gasteiger partial charge < -0.3 is 4.98 Å². The lowest BCUT2D eigenvalue weighted by atomic mass is 10.3. The first-order valence-corrected chi connectivity index (χ1v) is 4.20. The van der Waals surface area contributed by atoms with E-state index in [1.165, 1.54) is 0 Å². The Labute approximate surface area is 63.7 Å². The summed E-state index contributed by atoms with van der Waals surface area (Å²) in [7, 11) is 0. The Balaban J connectivity index is 3.22. The van der Waals surface area contributed by atoms with Gasteiger partial charge in [0.25, 0.3) is 0 Å². The molecule has 2 nitrogen and oxygen atoms in total. The molecular formula is C7H9NOS. The Morgan fingerprint density at radius 3 is 2.80 bits per heavy atom. The maximum absolute atomic E-state index is 10.7. The molecule has 0 saturated carbocycles. The zero-order chi connectivity index (χ0) is 7.56. The van der Waals surface area contributed by atoms with Crippen LogP contribution in [0.4, 0.5) is 0 Å². The van der Waals surface area contributed by atoms with Crippen LogP contribution in [0.1, 0.15) is 5.56 Å². The van der Waals surface area contributed by atoms with Gasteiger partial charge in [-0.15, -0.1) is 11.8 Å². The van der Waals surface area contributed by atoms with Crippen LogP contribution in [0, 0.1) is 6.92 Å². The summed E-state index contributed by atoms with van der Waals surface area (Å²) in [6.07, 6.45) is 3.69. The second kappa shape index (κ2) is 2.92. The molecule has 0 aliphatic carbocycles. The third-order valence-corrected chi connectivity index (χ3v) is 2.18. The summed E-state index contributed by atoms with van der Waals surface area (Å²) in [4.78, 5) is 14.4. The van der Waals surface area contributed by atoms with Gasteiger partial charge in [0.1, 0.15) is 0 Å². The van der Waals surface area contributed by atoms with Crippen molar-refractivity contribution in [3.63, 3.8) is 0 Å². The number of thioether (sulfide) groups is 1. The van der Waals surface area contributed by atoms with Crippen LogP contribution in [-0.2, 0) is 0 Å². The maximum Gasteiger partial charge on any atom is 0.249 e. The fraction of sp³-hybridized carbons (Fsp3) is 0.286. The van der Waals surface area contributed by atoms with Crippen molar-refractivity contribution in [2.24, 2.45) is 0 Å². The maximum atomic E-state index is 10.7. The molecule has 1 heterocycles. The van der Waals surface area contributed by atoms with Gasteiger partial charge in [-0.1, -0.05) is 0 Å². The molecule has 0 fully saturated rings. The number of hydrogen-bond acceptors (Lipinski definition) is 2. The highest BCUT2D eigenvalue weighted by Crippen LogP contribution is 2.15. The van der Waals surface area contributed by atoms with E-state index >= 15 is 0 Å². The van der Waals surface area contributed by atoms with Crippen LogP contribution < -0.4 is 5.56 Å². The number of aromatic amines is 1. The molecule has 0 radical (unpaired) electrons. The molecule has 0 unspecified atom stereocenters. The van der Waals surface area contributed by atoms with Crippen LogP contribution in [0.25, 0.3) is 0 Å². The minimum Gasteiger partial charge on any atom is -0.329 e. The van der Waals surface area contributed by atoms with Crippen LogP contribution in [0.3, 0.4) is 0 Å². The Bertz CT molecular complexity index is 279. The smallest absolute Gasteiger partial charge is 0.249 e. The fourth-order valence-corrected chi connectivity index (χ4v) is 1.35. The molecular weight excluding hydrogens is 146 g/mol. The van der Waals surface area contributed by atoms with Gasteiger partial charge in [0.2, 0.25) is 5.56 Å². The van der Waals surface area contributed by atoms with E-state index in [2.05, 4.69) is 4.98 Å².